The Balaban J connectivity index is 4.15. The molecule has 12 heavy (non-hydrogen) atoms. The van der Waals surface area contributed by atoms with Gasteiger partial charge in [-0.15, -0.1) is 0 Å². The minimum atomic E-state index is -0.178. The lowest BCUT2D eigenvalue weighted by molar-refractivity contribution is -0.117. The van der Waals surface area contributed by atoms with Gasteiger partial charge in [-0.25, -0.2) is 0 Å². The summed E-state index contributed by atoms with van der Waals surface area (Å²) in [4.78, 5) is 11.3. The van der Waals surface area contributed by atoms with E-state index in [0.717, 1.165) is 6.42 Å². The van der Waals surface area contributed by atoms with Crippen molar-refractivity contribution in [2.45, 2.75) is 26.3 Å². The van der Waals surface area contributed by atoms with E-state index in [9.17, 15) is 4.79 Å². The summed E-state index contributed by atoms with van der Waals surface area (Å²) < 4.78 is 0. The molecule has 1 atom stereocenters. The van der Waals surface area contributed by atoms with E-state index < -0.39 is 0 Å². The Bertz CT molecular complexity index is 175. The van der Waals surface area contributed by atoms with Gasteiger partial charge in [0.05, 0.1) is 11.7 Å². The predicted octanol–water partition coefficient (Wildman–Crippen LogP) is 0.662. The van der Waals surface area contributed by atoms with E-state index in [-0.39, 0.29) is 17.5 Å². The first-order chi connectivity index (χ1) is 5.49. The van der Waals surface area contributed by atoms with Crippen molar-refractivity contribution in [3.05, 3.63) is 12.3 Å². The van der Waals surface area contributed by atoms with Crippen molar-refractivity contribution in [2.24, 2.45) is 11.7 Å². The molecule has 0 saturated carbocycles. The summed E-state index contributed by atoms with van der Waals surface area (Å²) in [6.45, 7) is 7.55. The van der Waals surface area contributed by atoms with Crippen molar-refractivity contribution < 1.29 is 4.79 Å². The molecule has 0 bridgehead atoms. The number of hydrogen-bond acceptors (Lipinski definition) is 3. The third kappa shape index (κ3) is 3.53. The quantitative estimate of drug-likeness (QED) is 0.596. The minimum absolute atomic E-state index is 0.0915. The van der Waals surface area contributed by atoms with Crippen molar-refractivity contribution >= 4 is 5.78 Å². The standard InChI is InChI=1S/C9H18N2O/c1-6(2)5-8(11-4)9(12)7(3)10/h6,8,11H,3,5,10H2,1-2,4H3. The van der Waals surface area contributed by atoms with Crippen LogP contribution in [-0.2, 0) is 4.79 Å². The average Bonchev–Trinajstić information content (AvgIpc) is 1.98. The number of Topliss-reactive ketones (excluding diaryl/α,β-unsaturated/α-hetero) is 1. The Labute approximate surface area is 74.0 Å². The summed E-state index contributed by atoms with van der Waals surface area (Å²) in [7, 11) is 1.76. The van der Waals surface area contributed by atoms with Crippen molar-refractivity contribution in [3.8, 4) is 0 Å². The molecule has 3 N–H and O–H groups in total. The number of carbonyl (C=O) groups excluding carboxylic acids is 1. The predicted molar refractivity (Wildman–Crippen MR) is 50.6 cm³/mol. The number of nitrogens with two attached hydrogens (primary N) is 1. The van der Waals surface area contributed by atoms with E-state index in [1.54, 1.807) is 7.05 Å². The fourth-order valence-corrected chi connectivity index (χ4v) is 1.05. The summed E-state index contributed by atoms with van der Waals surface area (Å²) in [5.74, 6) is 0.386. The molecule has 0 aromatic carbocycles. The summed E-state index contributed by atoms with van der Waals surface area (Å²) in [5.41, 5.74) is 5.44. The fraction of sp³-hybridized carbons (Fsp3) is 0.667. The number of carbonyl (C=O) groups is 1. The van der Waals surface area contributed by atoms with Crippen molar-refractivity contribution in [1.29, 1.82) is 0 Å². The second kappa shape index (κ2) is 4.93. The van der Waals surface area contributed by atoms with Gasteiger partial charge < -0.3 is 11.1 Å². The Kier molecular flexibility index (Phi) is 4.59. The van der Waals surface area contributed by atoms with Crippen molar-refractivity contribution in [1.82, 2.24) is 5.32 Å². The lowest BCUT2D eigenvalue weighted by atomic mass is 9.99. The maximum absolute atomic E-state index is 11.3. The molecule has 0 radical (unpaired) electrons. The van der Waals surface area contributed by atoms with Crippen LogP contribution in [0.3, 0.4) is 0 Å². The zero-order chi connectivity index (χ0) is 9.72. The topological polar surface area (TPSA) is 55.1 Å². The van der Waals surface area contributed by atoms with Gasteiger partial charge in [-0.05, 0) is 19.4 Å². The summed E-state index contributed by atoms with van der Waals surface area (Å²) >= 11 is 0. The highest BCUT2D eigenvalue weighted by atomic mass is 16.1. The van der Waals surface area contributed by atoms with E-state index in [1.165, 1.54) is 0 Å². The molecule has 0 aromatic rings. The van der Waals surface area contributed by atoms with Gasteiger partial charge >= 0.3 is 0 Å². The van der Waals surface area contributed by atoms with Crippen LogP contribution in [0.1, 0.15) is 20.3 Å². The molecule has 0 fully saturated rings. The van der Waals surface area contributed by atoms with Crippen LogP contribution in [0, 0.1) is 5.92 Å². The Morgan fingerprint density at radius 1 is 1.58 bits per heavy atom. The summed E-state index contributed by atoms with van der Waals surface area (Å²) in [6.07, 6.45) is 0.797. The van der Waals surface area contributed by atoms with E-state index >= 15 is 0 Å². The summed E-state index contributed by atoms with van der Waals surface area (Å²) in [6, 6.07) is -0.178. The molecule has 0 aliphatic heterocycles. The van der Waals surface area contributed by atoms with Crippen LogP contribution < -0.4 is 11.1 Å². The molecule has 70 valence electrons. The molecule has 0 aromatic heterocycles. The van der Waals surface area contributed by atoms with Gasteiger partial charge in [-0.2, -0.15) is 0 Å². The number of nitrogens with one attached hydrogen (secondary N) is 1. The van der Waals surface area contributed by atoms with Crippen LogP contribution in [0.15, 0.2) is 12.3 Å². The Morgan fingerprint density at radius 3 is 2.33 bits per heavy atom. The van der Waals surface area contributed by atoms with E-state index in [1.807, 2.05) is 0 Å². The largest absolute Gasteiger partial charge is 0.396 e. The first kappa shape index (κ1) is 11.2. The normalized spacial score (nSPS) is 13.0. The molecule has 0 heterocycles. The van der Waals surface area contributed by atoms with Gasteiger partial charge in [0.15, 0.2) is 5.78 Å². The van der Waals surface area contributed by atoms with Crippen LogP contribution in [0.5, 0.6) is 0 Å². The Hall–Kier alpha value is -0.830. The van der Waals surface area contributed by atoms with Crippen molar-refractivity contribution in [2.75, 3.05) is 7.05 Å². The molecular weight excluding hydrogens is 152 g/mol. The van der Waals surface area contributed by atoms with Crippen LogP contribution in [0.2, 0.25) is 0 Å². The van der Waals surface area contributed by atoms with Crippen LogP contribution in [0.25, 0.3) is 0 Å². The Morgan fingerprint density at radius 2 is 2.08 bits per heavy atom. The van der Waals surface area contributed by atoms with Gasteiger partial charge in [0.25, 0.3) is 0 Å². The molecule has 3 heteroatoms. The zero-order valence-corrected chi connectivity index (χ0v) is 8.05. The highest BCUT2D eigenvalue weighted by Gasteiger charge is 2.18. The third-order valence-corrected chi connectivity index (χ3v) is 1.69. The van der Waals surface area contributed by atoms with Crippen LogP contribution in [-0.4, -0.2) is 18.9 Å². The third-order valence-electron chi connectivity index (χ3n) is 1.69. The number of rotatable bonds is 5. The van der Waals surface area contributed by atoms with Gasteiger partial charge in [-0.1, -0.05) is 20.4 Å². The maximum Gasteiger partial charge on any atom is 0.194 e. The second-order valence-electron chi connectivity index (χ2n) is 3.36. The van der Waals surface area contributed by atoms with Gasteiger partial charge in [-0.3, -0.25) is 4.79 Å². The SMILES string of the molecule is C=C(N)C(=O)C(CC(C)C)NC. The fourth-order valence-electron chi connectivity index (χ4n) is 1.05. The number of hydrogen-bond donors (Lipinski definition) is 2. The monoisotopic (exact) mass is 170 g/mol. The summed E-state index contributed by atoms with van der Waals surface area (Å²) in [5, 5.41) is 2.92. The van der Waals surface area contributed by atoms with Crippen LogP contribution in [0.4, 0.5) is 0 Å². The minimum Gasteiger partial charge on any atom is -0.396 e. The molecule has 3 nitrogen and oxygen atoms in total. The molecule has 1 unspecified atom stereocenters. The van der Waals surface area contributed by atoms with Crippen LogP contribution >= 0.6 is 0 Å². The molecule has 0 saturated heterocycles. The molecule has 0 spiro atoms. The average molecular weight is 170 g/mol. The molecule has 0 aliphatic rings. The highest BCUT2D eigenvalue weighted by molar-refractivity contribution is 5.98. The lowest BCUT2D eigenvalue weighted by Gasteiger charge is -2.16. The van der Waals surface area contributed by atoms with E-state index in [0.29, 0.717) is 5.92 Å². The molecule has 0 amide bonds. The van der Waals surface area contributed by atoms with Gasteiger partial charge in [0.2, 0.25) is 0 Å². The molecule has 0 aliphatic carbocycles. The molecule has 0 rings (SSSR count). The van der Waals surface area contributed by atoms with Crippen molar-refractivity contribution in [3.63, 3.8) is 0 Å². The number of likely N-dealkylation sites (N-methyl/N-ethyl adjacent to an activating group) is 1. The first-order valence-electron chi connectivity index (χ1n) is 4.14. The second-order valence-corrected chi connectivity index (χ2v) is 3.36. The van der Waals surface area contributed by atoms with Gasteiger partial charge in [0, 0.05) is 0 Å². The zero-order valence-electron chi connectivity index (χ0n) is 8.05. The number of ketones is 1. The first-order valence-corrected chi connectivity index (χ1v) is 4.14. The highest BCUT2D eigenvalue weighted by Crippen LogP contribution is 2.06. The lowest BCUT2D eigenvalue weighted by Crippen LogP contribution is -2.37. The molecular formula is C9H18N2O. The smallest absolute Gasteiger partial charge is 0.194 e. The van der Waals surface area contributed by atoms with Gasteiger partial charge in [0.1, 0.15) is 0 Å². The van der Waals surface area contributed by atoms with E-state index in [4.69, 9.17) is 5.73 Å². The maximum atomic E-state index is 11.3. The van der Waals surface area contributed by atoms with E-state index in [2.05, 4.69) is 25.7 Å².